The highest BCUT2D eigenvalue weighted by Crippen LogP contribution is 2.32. The smallest absolute Gasteiger partial charge is 0.240 e. The van der Waals surface area contributed by atoms with Gasteiger partial charge < -0.3 is 5.73 Å². The maximum Gasteiger partial charge on any atom is 0.240 e. The first-order valence-corrected chi connectivity index (χ1v) is 7.38. The number of anilines is 1. The third-order valence-corrected chi connectivity index (χ3v) is 4.09. The van der Waals surface area contributed by atoms with Crippen molar-refractivity contribution in [2.75, 3.05) is 4.90 Å². The van der Waals surface area contributed by atoms with Gasteiger partial charge in [-0.2, -0.15) is 0 Å². The van der Waals surface area contributed by atoms with Crippen molar-refractivity contribution in [3.8, 4) is 0 Å². The van der Waals surface area contributed by atoms with Gasteiger partial charge in [-0.1, -0.05) is 41.9 Å². The van der Waals surface area contributed by atoms with Gasteiger partial charge in [-0.3, -0.25) is 14.5 Å². The molecule has 1 aliphatic rings. The molecule has 0 saturated heterocycles. The fraction of sp³-hybridized carbons (Fsp3) is 0.176. The third kappa shape index (κ3) is 2.70. The van der Waals surface area contributed by atoms with Crippen LogP contribution in [0.3, 0.4) is 0 Å². The number of para-hydroxylation sites is 1. The maximum atomic E-state index is 12.7. The minimum absolute atomic E-state index is 0.143. The molecule has 1 heterocycles. The van der Waals surface area contributed by atoms with Crippen LogP contribution in [0.25, 0.3) is 0 Å². The molecule has 0 saturated carbocycles. The maximum absolute atomic E-state index is 12.7. The van der Waals surface area contributed by atoms with E-state index in [1.54, 1.807) is 12.1 Å². The number of amides is 2. The Labute approximate surface area is 133 Å². The van der Waals surface area contributed by atoms with Crippen LogP contribution in [0.2, 0.25) is 5.02 Å². The van der Waals surface area contributed by atoms with Crippen molar-refractivity contribution in [1.29, 1.82) is 0 Å². The first-order valence-electron chi connectivity index (χ1n) is 7.00. The lowest BCUT2D eigenvalue weighted by molar-refractivity contribution is -0.124. The second kappa shape index (κ2) is 5.81. The molecule has 1 aliphatic heterocycles. The summed E-state index contributed by atoms with van der Waals surface area (Å²) in [5, 5.41) is 0.623. The number of carbonyl (C=O) groups excluding carboxylic acids is 2. The molecule has 4 nitrogen and oxygen atoms in total. The molecule has 5 heteroatoms. The standard InChI is InChI=1S/C17H15ClN2O2/c18-13-7-5-11(6-8-13)9-16(21)20-14-4-2-1-3-12(14)10-15(20)17(19)22/h1-8,15H,9-10H2,(H2,19,22). The highest BCUT2D eigenvalue weighted by atomic mass is 35.5. The zero-order valence-corrected chi connectivity index (χ0v) is 12.6. The SMILES string of the molecule is NC(=O)C1Cc2ccccc2N1C(=O)Cc1ccc(Cl)cc1. The number of halogens is 1. The second-order valence-electron chi connectivity index (χ2n) is 5.32. The molecule has 112 valence electrons. The van der Waals surface area contributed by atoms with Crippen LogP contribution in [0.5, 0.6) is 0 Å². The molecular formula is C17H15ClN2O2. The molecule has 0 aromatic heterocycles. The minimum atomic E-state index is -0.614. The van der Waals surface area contributed by atoms with Gasteiger partial charge >= 0.3 is 0 Å². The average Bonchev–Trinajstić information content (AvgIpc) is 2.89. The Bertz CT molecular complexity index is 728. The van der Waals surface area contributed by atoms with Crippen LogP contribution < -0.4 is 10.6 Å². The molecule has 22 heavy (non-hydrogen) atoms. The van der Waals surface area contributed by atoms with Gasteiger partial charge in [0.2, 0.25) is 11.8 Å². The van der Waals surface area contributed by atoms with Crippen molar-refractivity contribution in [1.82, 2.24) is 0 Å². The van der Waals surface area contributed by atoms with Crippen LogP contribution in [0, 0.1) is 0 Å². The molecule has 0 spiro atoms. The molecule has 2 aromatic carbocycles. The predicted molar refractivity (Wildman–Crippen MR) is 85.8 cm³/mol. The summed E-state index contributed by atoms with van der Waals surface area (Å²) in [6.07, 6.45) is 0.674. The molecular weight excluding hydrogens is 300 g/mol. The van der Waals surface area contributed by atoms with E-state index in [9.17, 15) is 9.59 Å². The number of fused-ring (bicyclic) bond motifs is 1. The lowest BCUT2D eigenvalue weighted by Gasteiger charge is -2.23. The molecule has 0 radical (unpaired) electrons. The van der Waals surface area contributed by atoms with Gasteiger partial charge in [-0.15, -0.1) is 0 Å². The first kappa shape index (κ1) is 14.6. The largest absolute Gasteiger partial charge is 0.368 e. The van der Waals surface area contributed by atoms with Gasteiger partial charge in [0.05, 0.1) is 6.42 Å². The van der Waals surface area contributed by atoms with Crippen molar-refractivity contribution in [2.24, 2.45) is 5.73 Å². The summed E-state index contributed by atoms with van der Waals surface area (Å²) < 4.78 is 0. The summed E-state index contributed by atoms with van der Waals surface area (Å²) in [6.45, 7) is 0. The van der Waals surface area contributed by atoms with Crippen molar-refractivity contribution in [3.05, 3.63) is 64.7 Å². The van der Waals surface area contributed by atoms with Gasteiger partial charge in [0.1, 0.15) is 6.04 Å². The van der Waals surface area contributed by atoms with E-state index in [0.29, 0.717) is 11.4 Å². The number of hydrogen-bond donors (Lipinski definition) is 1. The zero-order chi connectivity index (χ0) is 15.7. The summed E-state index contributed by atoms with van der Waals surface area (Å²) in [4.78, 5) is 25.9. The fourth-order valence-corrected chi connectivity index (χ4v) is 2.91. The van der Waals surface area contributed by atoms with Crippen molar-refractivity contribution in [3.63, 3.8) is 0 Å². The Morgan fingerprint density at radius 1 is 1.14 bits per heavy atom. The Hall–Kier alpha value is -2.33. The van der Waals surface area contributed by atoms with Crippen molar-refractivity contribution >= 4 is 29.1 Å². The first-order chi connectivity index (χ1) is 10.6. The van der Waals surface area contributed by atoms with Crippen LogP contribution in [-0.2, 0) is 22.4 Å². The Balaban J connectivity index is 1.88. The van der Waals surface area contributed by atoms with E-state index in [-0.39, 0.29) is 12.3 Å². The summed E-state index contributed by atoms with van der Waals surface area (Å²) in [6, 6.07) is 14.0. The molecule has 0 fully saturated rings. The Morgan fingerprint density at radius 2 is 1.82 bits per heavy atom. The van der Waals surface area contributed by atoms with Crippen LogP contribution in [-0.4, -0.2) is 17.9 Å². The fourth-order valence-electron chi connectivity index (χ4n) is 2.78. The molecule has 1 atom stereocenters. The summed E-state index contributed by atoms with van der Waals surface area (Å²) in [5.41, 5.74) is 8.05. The number of nitrogens with two attached hydrogens (primary N) is 1. The van der Waals surface area contributed by atoms with E-state index in [0.717, 1.165) is 16.8 Å². The lowest BCUT2D eigenvalue weighted by Crippen LogP contribution is -2.46. The van der Waals surface area contributed by atoms with Crippen LogP contribution in [0.1, 0.15) is 11.1 Å². The molecule has 2 aromatic rings. The van der Waals surface area contributed by atoms with Crippen LogP contribution in [0.4, 0.5) is 5.69 Å². The van der Waals surface area contributed by atoms with Gasteiger partial charge in [-0.05, 0) is 29.3 Å². The highest BCUT2D eigenvalue weighted by Gasteiger charge is 2.36. The summed E-state index contributed by atoms with van der Waals surface area (Å²) in [5.74, 6) is -0.628. The molecule has 3 rings (SSSR count). The van der Waals surface area contributed by atoms with Crippen LogP contribution in [0.15, 0.2) is 48.5 Å². The van der Waals surface area contributed by atoms with Gasteiger partial charge in [0, 0.05) is 17.1 Å². The Kier molecular flexibility index (Phi) is 3.86. The number of hydrogen-bond acceptors (Lipinski definition) is 2. The molecule has 0 bridgehead atoms. The summed E-state index contributed by atoms with van der Waals surface area (Å²) >= 11 is 5.85. The number of benzene rings is 2. The molecule has 2 N–H and O–H groups in total. The Morgan fingerprint density at radius 3 is 2.50 bits per heavy atom. The van der Waals surface area contributed by atoms with E-state index >= 15 is 0 Å². The molecule has 2 amide bonds. The summed E-state index contributed by atoms with van der Waals surface area (Å²) in [7, 11) is 0. The number of carbonyl (C=O) groups is 2. The molecule has 0 aliphatic carbocycles. The van der Waals surface area contributed by atoms with E-state index in [4.69, 9.17) is 17.3 Å². The van der Waals surface area contributed by atoms with Crippen molar-refractivity contribution < 1.29 is 9.59 Å². The van der Waals surface area contributed by atoms with E-state index in [1.165, 1.54) is 4.90 Å². The third-order valence-electron chi connectivity index (χ3n) is 3.84. The second-order valence-corrected chi connectivity index (χ2v) is 5.75. The number of rotatable bonds is 3. The van der Waals surface area contributed by atoms with E-state index in [1.807, 2.05) is 36.4 Å². The number of primary amides is 1. The van der Waals surface area contributed by atoms with E-state index < -0.39 is 11.9 Å². The van der Waals surface area contributed by atoms with Gasteiger partial charge in [-0.25, -0.2) is 0 Å². The van der Waals surface area contributed by atoms with Gasteiger partial charge in [0.15, 0.2) is 0 Å². The monoisotopic (exact) mass is 314 g/mol. The van der Waals surface area contributed by atoms with Gasteiger partial charge in [0.25, 0.3) is 0 Å². The average molecular weight is 315 g/mol. The normalized spacial score (nSPS) is 16.4. The van der Waals surface area contributed by atoms with E-state index in [2.05, 4.69) is 0 Å². The quantitative estimate of drug-likeness (QED) is 0.945. The lowest BCUT2D eigenvalue weighted by atomic mass is 10.1. The highest BCUT2D eigenvalue weighted by molar-refractivity contribution is 6.30. The molecule has 1 unspecified atom stereocenters. The topological polar surface area (TPSA) is 63.4 Å². The minimum Gasteiger partial charge on any atom is -0.368 e. The van der Waals surface area contributed by atoms with Crippen LogP contribution >= 0.6 is 11.6 Å². The van der Waals surface area contributed by atoms with Crippen molar-refractivity contribution in [2.45, 2.75) is 18.9 Å². The number of nitrogens with zero attached hydrogens (tertiary/aromatic N) is 1. The predicted octanol–water partition coefficient (Wildman–Crippen LogP) is 2.33. The zero-order valence-electron chi connectivity index (χ0n) is 11.8.